The topological polar surface area (TPSA) is 33.3 Å². The summed E-state index contributed by atoms with van der Waals surface area (Å²) in [5, 5.41) is 7.49. The summed E-state index contributed by atoms with van der Waals surface area (Å²) in [6.45, 7) is 6.09. The SMILES string of the molecule is COc1cc(Cl)c(C)cc1NC(=S)Nc1ccc(C)c(C)c1. The Morgan fingerprint density at radius 1 is 1.00 bits per heavy atom. The number of methoxy groups -OCH3 is 1. The lowest BCUT2D eigenvalue weighted by molar-refractivity contribution is 0.417. The zero-order valence-corrected chi connectivity index (χ0v) is 14.7. The minimum atomic E-state index is 0.503. The summed E-state index contributed by atoms with van der Waals surface area (Å²) in [6, 6.07) is 9.81. The van der Waals surface area contributed by atoms with Gasteiger partial charge in [-0.2, -0.15) is 0 Å². The molecule has 2 rings (SSSR count). The first-order chi connectivity index (χ1) is 10.4. The fourth-order valence-electron chi connectivity index (χ4n) is 2.03. The number of thiocarbonyl (C=S) groups is 1. The van der Waals surface area contributed by atoms with Gasteiger partial charge in [-0.25, -0.2) is 0 Å². The molecule has 0 spiro atoms. The Balaban J connectivity index is 2.15. The number of aryl methyl sites for hydroxylation is 3. The first-order valence-electron chi connectivity index (χ1n) is 6.90. The number of hydrogen-bond acceptors (Lipinski definition) is 2. The van der Waals surface area contributed by atoms with Crippen molar-refractivity contribution in [3.8, 4) is 5.75 Å². The van der Waals surface area contributed by atoms with E-state index in [1.54, 1.807) is 13.2 Å². The smallest absolute Gasteiger partial charge is 0.175 e. The molecule has 0 aliphatic heterocycles. The summed E-state index contributed by atoms with van der Waals surface area (Å²) in [4.78, 5) is 0. The molecular weight excluding hydrogens is 316 g/mol. The van der Waals surface area contributed by atoms with Crippen molar-refractivity contribution >= 4 is 40.3 Å². The van der Waals surface area contributed by atoms with Crippen molar-refractivity contribution in [1.29, 1.82) is 0 Å². The maximum Gasteiger partial charge on any atom is 0.175 e. The molecule has 22 heavy (non-hydrogen) atoms. The highest BCUT2D eigenvalue weighted by molar-refractivity contribution is 7.80. The van der Waals surface area contributed by atoms with Crippen LogP contribution in [0.5, 0.6) is 5.75 Å². The van der Waals surface area contributed by atoms with Gasteiger partial charge in [0.15, 0.2) is 5.11 Å². The van der Waals surface area contributed by atoms with Crippen LogP contribution in [-0.4, -0.2) is 12.2 Å². The third-order valence-electron chi connectivity index (χ3n) is 3.49. The van der Waals surface area contributed by atoms with Gasteiger partial charge in [0, 0.05) is 16.8 Å². The van der Waals surface area contributed by atoms with Crippen LogP contribution in [0, 0.1) is 20.8 Å². The Morgan fingerprint density at radius 3 is 2.36 bits per heavy atom. The zero-order chi connectivity index (χ0) is 16.3. The van der Waals surface area contributed by atoms with Gasteiger partial charge in [-0.05, 0) is 67.9 Å². The largest absolute Gasteiger partial charge is 0.495 e. The van der Waals surface area contributed by atoms with Gasteiger partial charge in [-0.1, -0.05) is 17.7 Å². The van der Waals surface area contributed by atoms with Gasteiger partial charge in [-0.15, -0.1) is 0 Å². The number of ether oxygens (including phenoxy) is 1. The van der Waals surface area contributed by atoms with Crippen LogP contribution in [0.25, 0.3) is 0 Å². The predicted molar refractivity (Wildman–Crippen MR) is 98.5 cm³/mol. The number of benzene rings is 2. The highest BCUT2D eigenvalue weighted by Gasteiger charge is 2.09. The standard InChI is InChI=1S/C17H19ClN2OS/c1-10-5-6-13(7-11(10)2)19-17(22)20-15-8-12(3)14(18)9-16(15)21-4/h5-9H,1-4H3,(H2,19,20,22). The molecule has 3 nitrogen and oxygen atoms in total. The zero-order valence-electron chi connectivity index (χ0n) is 13.1. The first-order valence-corrected chi connectivity index (χ1v) is 7.68. The Morgan fingerprint density at radius 2 is 1.73 bits per heavy atom. The number of halogens is 1. The summed E-state index contributed by atoms with van der Waals surface area (Å²) < 4.78 is 5.33. The van der Waals surface area contributed by atoms with Crippen molar-refractivity contribution in [2.24, 2.45) is 0 Å². The van der Waals surface area contributed by atoms with E-state index in [2.05, 4.69) is 36.6 Å². The van der Waals surface area contributed by atoms with Crippen LogP contribution in [0.3, 0.4) is 0 Å². The quantitative estimate of drug-likeness (QED) is 0.767. The highest BCUT2D eigenvalue weighted by atomic mass is 35.5. The van der Waals surface area contributed by atoms with Crippen molar-refractivity contribution in [2.45, 2.75) is 20.8 Å². The first kappa shape index (κ1) is 16.6. The molecule has 0 bridgehead atoms. The van der Waals surface area contributed by atoms with E-state index in [1.807, 2.05) is 19.1 Å². The van der Waals surface area contributed by atoms with Crippen LogP contribution >= 0.6 is 23.8 Å². The van der Waals surface area contributed by atoms with Crippen LogP contribution in [0.1, 0.15) is 16.7 Å². The summed E-state index contributed by atoms with van der Waals surface area (Å²) in [5.74, 6) is 0.653. The van der Waals surface area contributed by atoms with E-state index in [1.165, 1.54) is 11.1 Å². The van der Waals surface area contributed by atoms with Gasteiger partial charge in [0.25, 0.3) is 0 Å². The van der Waals surface area contributed by atoms with Gasteiger partial charge in [0.05, 0.1) is 12.8 Å². The van der Waals surface area contributed by atoms with Gasteiger partial charge < -0.3 is 15.4 Å². The highest BCUT2D eigenvalue weighted by Crippen LogP contribution is 2.31. The van der Waals surface area contributed by atoms with Crippen molar-refractivity contribution in [3.05, 3.63) is 52.0 Å². The minimum Gasteiger partial charge on any atom is -0.495 e. The Kier molecular flexibility index (Phi) is 5.27. The van der Waals surface area contributed by atoms with E-state index in [9.17, 15) is 0 Å². The van der Waals surface area contributed by atoms with Gasteiger partial charge in [0.1, 0.15) is 5.75 Å². The van der Waals surface area contributed by atoms with Crippen LogP contribution in [-0.2, 0) is 0 Å². The lowest BCUT2D eigenvalue weighted by Crippen LogP contribution is -2.19. The molecule has 0 radical (unpaired) electrons. The monoisotopic (exact) mass is 334 g/mol. The Hall–Kier alpha value is -1.78. The number of hydrogen-bond donors (Lipinski definition) is 2. The molecular formula is C17H19ClN2OS. The third kappa shape index (κ3) is 3.90. The average molecular weight is 335 g/mol. The molecule has 0 aromatic heterocycles. The van der Waals surface area contributed by atoms with Crippen LogP contribution < -0.4 is 15.4 Å². The molecule has 5 heteroatoms. The van der Waals surface area contributed by atoms with E-state index < -0.39 is 0 Å². The number of nitrogens with one attached hydrogen (secondary N) is 2. The Labute approximate surface area is 141 Å². The van der Waals surface area contributed by atoms with E-state index in [0.29, 0.717) is 15.9 Å². The van der Waals surface area contributed by atoms with Gasteiger partial charge in [-0.3, -0.25) is 0 Å². The van der Waals surface area contributed by atoms with Crippen LogP contribution in [0.15, 0.2) is 30.3 Å². The van der Waals surface area contributed by atoms with Gasteiger partial charge in [0.2, 0.25) is 0 Å². The molecule has 2 N–H and O–H groups in total. The molecule has 0 amide bonds. The predicted octanol–water partition coefficient (Wildman–Crippen LogP) is 5.08. The van der Waals surface area contributed by atoms with Gasteiger partial charge >= 0.3 is 0 Å². The summed E-state index contributed by atoms with van der Waals surface area (Å²) in [5.41, 5.74) is 5.15. The van der Waals surface area contributed by atoms with Crippen molar-refractivity contribution in [3.63, 3.8) is 0 Å². The van der Waals surface area contributed by atoms with E-state index in [4.69, 9.17) is 28.6 Å². The van der Waals surface area contributed by atoms with Crippen LogP contribution in [0.2, 0.25) is 5.02 Å². The van der Waals surface area contributed by atoms with Crippen molar-refractivity contribution in [2.75, 3.05) is 17.7 Å². The number of rotatable bonds is 3. The molecule has 2 aromatic carbocycles. The normalized spacial score (nSPS) is 10.2. The van der Waals surface area contributed by atoms with Crippen molar-refractivity contribution in [1.82, 2.24) is 0 Å². The van der Waals surface area contributed by atoms with E-state index >= 15 is 0 Å². The molecule has 0 heterocycles. The Bertz CT molecular complexity index is 716. The average Bonchev–Trinajstić information content (AvgIpc) is 2.46. The summed E-state index contributed by atoms with van der Waals surface area (Å²) in [7, 11) is 1.60. The summed E-state index contributed by atoms with van der Waals surface area (Å²) >= 11 is 11.5. The lowest BCUT2D eigenvalue weighted by atomic mass is 10.1. The van der Waals surface area contributed by atoms with E-state index in [0.717, 1.165) is 16.9 Å². The molecule has 0 fully saturated rings. The molecule has 0 saturated carbocycles. The summed E-state index contributed by atoms with van der Waals surface area (Å²) in [6.07, 6.45) is 0. The number of anilines is 2. The maximum atomic E-state index is 6.11. The molecule has 0 aliphatic carbocycles. The second kappa shape index (κ2) is 6.99. The third-order valence-corrected chi connectivity index (χ3v) is 4.11. The maximum absolute atomic E-state index is 6.11. The molecule has 0 atom stereocenters. The second-order valence-corrected chi connectivity index (χ2v) is 6.00. The fraction of sp³-hybridized carbons (Fsp3) is 0.235. The molecule has 0 aliphatic rings. The molecule has 116 valence electrons. The van der Waals surface area contributed by atoms with E-state index in [-0.39, 0.29) is 0 Å². The lowest BCUT2D eigenvalue weighted by Gasteiger charge is -2.15. The fourth-order valence-corrected chi connectivity index (χ4v) is 2.42. The molecule has 2 aromatic rings. The second-order valence-electron chi connectivity index (χ2n) is 5.18. The molecule has 0 unspecified atom stereocenters. The van der Waals surface area contributed by atoms with Crippen molar-refractivity contribution < 1.29 is 4.74 Å². The molecule has 0 saturated heterocycles. The minimum absolute atomic E-state index is 0.503. The van der Waals surface area contributed by atoms with Crippen LogP contribution in [0.4, 0.5) is 11.4 Å².